The molecule has 0 aliphatic rings. The summed E-state index contributed by atoms with van der Waals surface area (Å²) in [5.74, 6) is 0.777. The number of hydrogen-bond donors (Lipinski definition) is 1. The monoisotopic (exact) mass is 344 g/mol. The van der Waals surface area contributed by atoms with Gasteiger partial charge in [0.2, 0.25) is 10.5 Å². The highest BCUT2D eigenvalue weighted by Crippen LogP contribution is 2.24. The summed E-state index contributed by atoms with van der Waals surface area (Å²) in [6.07, 6.45) is 1.61. The first-order valence-electron chi connectivity index (χ1n) is 7.30. The van der Waals surface area contributed by atoms with Crippen LogP contribution in [0, 0.1) is 6.92 Å². The van der Waals surface area contributed by atoms with Gasteiger partial charge in [-0.2, -0.15) is 13.0 Å². The van der Waals surface area contributed by atoms with E-state index in [1.165, 1.54) is 0 Å². The lowest BCUT2D eigenvalue weighted by Crippen LogP contribution is -2.38. The van der Waals surface area contributed by atoms with Crippen LogP contribution < -0.4 is 9.30 Å². The summed E-state index contributed by atoms with van der Waals surface area (Å²) in [5.41, 5.74) is 1.03. The van der Waals surface area contributed by atoms with Crippen molar-refractivity contribution in [3.8, 4) is 5.75 Å². The van der Waals surface area contributed by atoms with Gasteiger partial charge in [0.1, 0.15) is 10.4 Å². The predicted molar refractivity (Wildman–Crippen MR) is 88.2 cm³/mol. The molecule has 0 saturated carbocycles. The highest BCUT2D eigenvalue weighted by molar-refractivity contribution is 7.86. The summed E-state index contributed by atoms with van der Waals surface area (Å²) in [5, 5.41) is 0.402. The summed E-state index contributed by atoms with van der Waals surface area (Å²) in [7, 11) is -2.37. The van der Waals surface area contributed by atoms with E-state index in [1.54, 1.807) is 18.4 Å². The molecule has 22 heavy (non-hydrogen) atoms. The Morgan fingerprint density at radius 3 is 2.68 bits per heavy atom. The standard InChI is InChI=1S/C15H21NO4S2/c1-4-5-13(22(17,18)19)8-9-16-11(2)21-15-7-6-12(20-3)10-14(15)16/h6-7,10,13H,4-5,8-9H2,1-3H3/p+1/t13-/m0/s1. The maximum Gasteiger partial charge on any atom is 0.268 e. The normalized spacial score (nSPS) is 13.5. The van der Waals surface area contributed by atoms with Gasteiger partial charge in [-0.05, 0) is 18.6 Å². The second-order valence-electron chi connectivity index (χ2n) is 5.32. The lowest BCUT2D eigenvalue weighted by atomic mass is 10.2. The molecule has 0 aliphatic carbocycles. The van der Waals surface area contributed by atoms with Crippen molar-refractivity contribution in [1.29, 1.82) is 0 Å². The van der Waals surface area contributed by atoms with Gasteiger partial charge in [-0.25, -0.2) is 0 Å². The van der Waals surface area contributed by atoms with E-state index in [0.717, 1.165) is 27.4 Å². The van der Waals surface area contributed by atoms with Crippen molar-refractivity contribution in [1.82, 2.24) is 0 Å². The Bertz CT molecular complexity index is 752. The van der Waals surface area contributed by atoms with Crippen molar-refractivity contribution in [2.45, 2.75) is 44.9 Å². The number of benzene rings is 1. The minimum absolute atomic E-state index is 0.404. The topological polar surface area (TPSA) is 67.5 Å². The highest BCUT2D eigenvalue weighted by atomic mass is 32.2. The van der Waals surface area contributed by atoms with Gasteiger partial charge >= 0.3 is 0 Å². The summed E-state index contributed by atoms with van der Waals surface area (Å²) in [6.45, 7) is 4.49. The van der Waals surface area contributed by atoms with Crippen LogP contribution in [-0.4, -0.2) is 25.3 Å². The number of fused-ring (bicyclic) bond motifs is 1. The molecule has 2 aromatic rings. The second-order valence-corrected chi connectivity index (χ2v) is 8.25. The van der Waals surface area contributed by atoms with E-state index in [4.69, 9.17) is 4.74 Å². The Kier molecular flexibility index (Phi) is 5.41. The van der Waals surface area contributed by atoms with Crippen LogP contribution in [0.15, 0.2) is 18.2 Å². The van der Waals surface area contributed by atoms with Crippen molar-refractivity contribution in [3.05, 3.63) is 23.2 Å². The molecule has 2 rings (SSSR count). The van der Waals surface area contributed by atoms with Gasteiger partial charge in [0.25, 0.3) is 10.1 Å². The first-order chi connectivity index (χ1) is 10.4. The van der Waals surface area contributed by atoms with Crippen LogP contribution >= 0.6 is 11.3 Å². The molecule has 1 heterocycles. The molecular weight excluding hydrogens is 322 g/mol. The summed E-state index contributed by atoms with van der Waals surface area (Å²) < 4.78 is 40.8. The molecule has 1 N–H and O–H groups in total. The van der Waals surface area contributed by atoms with Gasteiger partial charge in [-0.1, -0.05) is 24.7 Å². The van der Waals surface area contributed by atoms with Gasteiger partial charge in [-0.3, -0.25) is 4.55 Å². The van der Waals surface area contributed by atoms with Crippen molar-refractivity contribution >= 4 is 31.7 Å². The molecule has 0 radical (unpaired) electrons. The zero-order chi connectivity index (χ0) is 16.3. The Hall–Kier alpha value is -1.18. The average molecular weight is 344 g/mol. The van der Waals surface area contributed by atoms with E-state index < -0.39 is 15.4 Å². The summed E-state index contributed by atoms with van der Waals surface area (Å²) >= 11 is 1.67. The van der Waals surface area contributed by atoms with E-state index in [1.807, 2.05) is 32.0 Å². The average Bonchev–Trinajstić information content (AvgIpc) is 2.77. The van der Waals surface area contributed by atoms with Gasteiger partial charge < -0.3 is 4.74 Å². The second kappa shape index (κ2) is 6.93. The summed E-state index contributed by atoms with van der Waals surface area (Å²) in [6, 6.07) is 5.89. The van der Waals surface area contributed by atoms with E-state index in [9.17, 15) is 13.0 Å². The zero-order valence-corrected chi connectivity index (χ0v) is 14.7. The number of nitrogens with zero attached hydrogens (tertiary/aromatic N) is 1. The quantitative estimate of drug-likeness (QED) is 0.619. The Morgan fingerprint density at radius 2 is 2.09 bits per heavy atom. The molecule has 0 unspecified atom stereocenters. The fraction of sp³-hybridized carbons (Fsp3) is 0.533. The molecule has 0 fully saturated rings. The molecule has 0 spiro atoms. The maximum atomic E-state index is 11.5. The number of aromatic nitrogens is 1. The lowest BCUT2D eigenvalue weighted by molar-refractivity contribution is -0.673. The SMILES string of the molecule is CCC[C@@H](CC[n+]1c(C)sc2ccc(OC)cc21)S(=O)(=O)O. The first kappa shape index (κ1) is 17.2. The molecular formula is C15H22NO4S2+. The molecule has 0 aliphatic heterocycles. The van der Waals surface area contributed by atoms with Gasteiger partial charge in [-0.15, -0.1) is 0 Å². The van der Waals surface area contributed by atoms with Crippen LogP contribution in [-0.2, 0) is 16.7 Å². The van der Waals surface area contributed by atoms with Crippen LogP contribution in [0.1, 0.15) is 31.2 Å². The van der Waals surface area contributed by atoms with Crippen LogP contribution in [0.2, 0.25) is 0 Å². The van der Waals surface area contributed by atoms with Crippen molar-refractivity contribution in [2.75, 3.05) is 7.11 Å². The van der Waals surface area contributed by atoms with Crippen molar-refractivity contribution in [2.24, 2.45) is 0 Å². The molecule has 7 heteroatoms. The molecule has 0 bridgehead atoms. The number of thiazole rings is 1. The molecule has 5 nitrogen and oxygen atoms in total. The largest absolute Gasteiger partial charge is 0.497 e. The molecule has 1 atom stereocenters. The molecule has 122 valence electrons. The van der Waals surface area contributed by atoms with Crippen LogP contribution in [0.25, 0.3) is 10.2 Å². The minimum atomic E-state index is -3.99. The Morgan fingerprint density at radius 1 is 1.36 bits per heavy atom. The third-order valence-electron chi connectivity index (χ3n) is 3.80. The maximum absolute atomic E-state index is 11.5. The summed E-state index contributed by atoms with van der Waals surface area (Å²) in [4.78, 5) is 0. The molecule has 0 saturated heterocycles. The number of hydrogen-bond acceptors (Lipinski definition) is 4. The zero-order valence-electron chi connectivity index (χ0n) is 13.1. The first-order valence-corrected chi connectivity index (χ1v) is 9.62. The number of aryl methyl sites for hydroxylation is 2. The smallest absolute Gasteiger partial charge is 0.268 e. The number of methoxy groups -OCH3 is 1. The van der Waals surface area contributed by atoms with Crippen molar-refractivity contribution in [3.63, 3.8) is 0 Å². The third kappa shape index (κ3) is 3.77. The molecule has 0 amide bonds. The van der Waals surface area contributed by atoms with Crippen molar-refractivity contribution < 1.29 is 22.3 Å². The van der Waals surface area contributed by atoms with Crippen LogP contribution in [0.5, 0.6) is 5.75 Å². The lowest BCUT2D eigenvalue weighted by Gasteiger charge is -2.10. The minimum Gasteiger partial charge on any atom is -0.497 e. The van der Waals surface area contributed by atoms with Gasteiger partial charge in [0.05, 0.1) is 18.4 Å². The molecule has 1 aromatic heterocycles. The van der Waals surface area contributed by atoms with Crippen LogP contribution in [0.4, 0.5) is 0 Å². The highest BCUT2D eigenvalue weighted by Gasteiger charge is 2.26. The predicted octanol–water partition coefficient (Wildman–Crippen LogP) is 2.95. The number of ether oxygens (including phenoxy) is 1. The van der Waals surface area contributed by atoms with E-state index in [-0.39, 0.29) is 0 Å². The van der Waals surface area contributed by atoms with Crippen LogP contribution in [0.3, 0.4) is 0 Å². The van der Waals surface area contributed by atoms with E-state index in [0.29, 0.717) is 19.4 Å². The number of rotatable bonds is 7. The molecule has 1 aromatic carbocycles. The van der Waals surface area contributed by atoms with Gasteiger partial charge in [0, 0.05) is 13.3 Å². The van der Waals surface area contributed by atoms with E-state index in [2.05, 4.69) is 4.57 Å². The van der Waals surface area contributed by atoms with Gasteiger partial charge in [0.15, 0.2) is 6.54 Å². The van der Waals surface area contributed by atoms with E-state index >= 15 is 0 Å². The fourth-order valence-corrected chi connectivity index (χ4v) is 4.59. The fourth-order valence-electron chi connectivity index (χ4n) is 2.62. The third-order valence-corrected chi connectivity index (χ3v) is 6.20. The Balaban J connectivity index is 2.28. The Labute approximate surface area is 135 Å².